The van der Waals surface area contributed by atoms with Crippen LogP contribution in [0.25, 0.3) is 6.08 Å². The van der Waals surface area contributed by atoms with Crippen LogP contribution in [0.4, 0.5) is 0 Å². The summed E-state index contributed by atoms with van der Waals surface area (Å²) in [6.45, 7) is 1.00. The molecule has 22 heavy (non-hydrogen) atoms. The molecule has 4 atom stereocenters. The molecule has 0 bridgehead atoms. The minimum atomic E-state index is 0.219. The summed E-state index contributed by atoms with van der Waals surface area (Å²) in [6.07, 6.45) is 13.0. The van der Waals surface area contributed by atoms with Crippen molar-refractivity contribution in [3.8, 4) is 0 Å². The van der Waals surface area contributed by atoms with E-state index in [1.54, 1.807) is 0 Å². The number of ether oxygens (including phenoxy) is 1. The first kappa shape index (κ1) is 14.0. The number of nitrogens with zero attached hydrogens (tertiary/aromatic N) is 1. The van der Waals surface area contributed by atoms with Crippen molar-refractivity contribution < 1.29 is 4.74 Å². The van der Waals surface area contributed by atoms with Crippen molar-refractivity contribution >= 4 is 6.08 Å². The summed E-state index contributed by atoms with van der Waals surface area (Å²) < 4.78 is 6.50. The zero-order valence-corrected chi connectivity index (χ0v) is 13.3. The van der Waals surface area contributed by atoms with Gasteiger partial charge >= 0.3 is 0 Å². The van der Waals surface area contributed by atoms with E-state index in [2.05, 4.69) is 73.6 Å². The standard InChI is InChI=1S/C20H23NO/c1-21(2)13-16-12-19-17-9-5-3-7-14(17)11-15-8-4-6-10-18(15)20(19)22-16/h3-11,16-17,19-20H,12-13H2,1-2H3/t16-,17?,19?,20?/m1/s1. The van der Waals surface area contributed by atoms with E-state index in [0.29, 0.717) is 17.9 Å². The Morgan fingerprint density at radius 3 is 2.91 bits per heavy atom. The molecule has 0 saturated carbocycles. The average molecular weight is 293 g/mol. The number of allylic oxidation sites excluding steroid dienone is 5. The second-order valence-corrected chi connectivity index (χ2v) is 6.88. The van der Waals surface area contributed by atoms with Gasteiger partial charge in [0.1, 0.15) is 0 Å². The molecule has 0 amide bonds. The summed E-state index contributed by atoms with van der Waals surface area (Å²) in [4.78, 5) is 2.23. The van der Waals surface area contributed by atoms with Crippen LogP contribution in [0, 0.1) is 11.8 Å². The summed E-state index contributed by atoms with van der Waals surface area (Å²) in [5.41, 5.74) is 4.11. The third-order valence-corrected chi connectivity index (χ3v) is 5.02. The molecule has 4 rings (SSSR count). The Morgan fingerprint density at radius 1 is 1.18 bits per heavy atom. The van der Waals surface area contributed by atoms with Gasteiger partial charge in [-0.15, -0.1) is 0 Å². The third-order valence-electron chi connectivity index (χ3n) is 5.02. The fraction of sp³-hybridized carbons (Fsp3) is 0.400. The van der Waals surface area contributed by atoms with Gasteiger partial charge < -0.3 is 9.64 Å². The van der Waals surface area contributed by atoms with Gasteiger partial charge in [-0.2, -0.15) is 0 Å². The molecule has 114 valence electrons. The van der Waals surface area contributed by atoms with Crippen LogP contribution in [0.3, 0.4) is 0 Å². The van der Waals surface area contributed by atoms with E-state index < -0.39 is 0 Å². The monoisotopic (exact) mass is 293 g/mol. The molecule has 0 aromatic heterocycles. The lowest BCUT2D eigenvalue weighted by Gasteiger charge is -2.25. The predicted octanol–water partition coefficient (Wildman–Crippen LogP) is 3.83. The van der Waals surface area contributed by atoms with E-state index in [-0.39, 0.29) is 6.10 Å². The molecule has 0 radical (unpaired) electrons. The smallest absolute Gasteiger partial charge is 0.0873 e. The summed E-state index contributed by atoms with van der Waals surface area (Å²) in [5, 5.41) is 0. The molecule has 1 aromatic carbocycles. The molecule has 1 heterocycles. The van der Waals surface area contributed by atoms with E-state index in [1.165, 1.54) is 16.7 Å². The molecular formula is C20H23NO. The number of fused-ring (bicyclic) bond motifs is 5. The van der Waals surface area contributed by atoms with Gasteiger partial charge in [-0.25, -0.2) is 0 Å². The molecule has 2 aliphatic carbocycles. The lowest BCUT2D eigenvalue weighted by Crippen LogP contribution is -2.25. The zero-order chi connectivity index (χ0) is 15.1. The van der Waals surface area contributed by atoms with E-state index in [1.807, 2.05) is 0 Å². The molecule has 0 spiro atoms. The molecule has 2 nitrogen and oxygen atoms in total. The SMILES string of the molecule is CN(C)C[C@H]1CC2C3C=CC=CC3=Cc3ccccc3C2O1. The highest BCUT2D eigenvalue weighted by molar-refractivity contribution is 5.63. The van der Waals surface area contributed by atoms with Gasteiger partial charge in [0.25, 0.3) is 0 Å². The van der Waals surface area contributed by atoms with Gasteiger partial charge in [-0.05, 0) is 37.2 Å². The Hall–Kier alpha value is -1.64. The normalized spacial score (nSPS) is 32.2. The molecule has 3 aliphatic rings. The van der Waals surface area contributed by atoms with Gasteiger partial charge in [0.15, 0.2) is 0 Å². The number of likely N-dealkylation sites (N-methyl/N-ethyl adjacent to an activating group) is 1. The second kappa shape index (κ2) is 5.53. The van der Waals surface area contributed by atoms with Crippen LogP contribution in [0.5, 0.6) is 0 Å². The maximum absolute atomic E-state index is 6.50. The van der Waals surface area contributed by atoms with Crippen LogP contribution >= 0.6 is 0 Å². The first-order chi connectivity index (χ1) is 10.7. The number of hydrogen-bond acceptors (Lipinski definition) is 2. The van der Waals surface area contributed by atoms with Gasteiger partial charge in [-0.3, -0.25) is 0 Å². The Morgan fingerprint density at radius 2 is 2.05 bits per heavy atom. The zero-order valence-electron chi connectivity index (χ0n) is 13.3. The van der Waals surface area contributed by atoms with E-state index in [4.69, 9.17) is 4.74 Å². The van der Waals surface area contributed by atoms with Crippen molar-refractivity contribution in [2.24, 2.45) is 11.8 Å². The quantitative estimate of drug-likeness (QED) is 0.821. The second-order valence-electron chi connectivity index (χ2n) is 6.88. The van der Waals surface area contributed by atoms with Crippen molar-refractivity contribution in [2.75, 3.05) is 20.6 Å². The molecule has 1 saturated heterocycles. The predicted molar refractivity (Wildman–Crippen MR) is 90.5 cm³/mol. The first-order valence-electron chi connectivity index (χ1n) is 8.18. The lowest BCUT2D eigenvalue weighted by molar-refractivity contribution is 0.0191. The molecule has 3 unspecified atom stereocenters. The summed E-state index contributed by atoms with van der Waals surface area (Å²) >= 11 is 0. The first-order valence-corrected chi connectivity index (χ1v) is 8.18. The van der Waals surface area contributed by atoms with Crippen molar-refractivity contribution in [1.82, 2.24) is 4.90 Å². The minimum absolute atomic E-state index is 0.219. The lowest BCUT2D eigenvalue weighted by atomic mass is 9.79. The maximum Gasteiger partial charge on any atom is 0.0873 e. The van der Waals surface area contributed by atoms with Crippen LogP contribution in [-0.2, 0) is 4.74 Å². The van der Waals surface area contributed by atoms with Crippen molar-refractivity contribution in [3.05, 3.63) is 65.3 Å². The maximum atomic E-state index is 6.50. The summed E-state index contributed by atoms with van der Waals surface area (Å²) in [6, 6.07) is 8.72. The molecule has 1 fully saturated rings. The summed E-state index contributed by atoms with van der Waals surface area (Å²) in [7, 11) is 4.25. The Balaban J connectivity index is 1.75. The van der Waals surface area contributed by atoms with Crippen molar-refractivity contribution in [3.63, 3.8) is 0 Å². The molecular weight excluding hydrogens is 270 g/mol. The highest BCUT2D eigenvalue weighted by Crippen LogP contribution is 2.49. The Labute approximate surface area is 132 Å². The van der Waals surface area contributed by atoms with Gasteiger partial charge in [0.2, 0.25) is 0 Å². The highest BCUT2D eigenvalue weighted by atomic mass is 16.5. The number of hydrogen-bond donors (Lipinski definition) is 0. The fourth-order valence-electron chi connectivity index (χ4n) is 4.14. The molecule has 1 aliphatic heterocycles. The molecule has 0 N–H and O–H groups in total. The Bertz CT molecular complexity index is 655. The van der Waals surface area contributed by atoms with Crippen LogP contribution in [0.1, 0.15) is 23.7 Å². The number of benzene rings is 1. The van der Waals surface area contributed by atoms with Crippen LogP contribution in [0.15, 0.2) is 54.1 Å². The van der Waals surface area contributed by atoms with E-state index >= 15 is 0 Å². The van der Waals surface area contributed by atoms with E-state index in [0.717, 1.165) is 13.0 Å². The fourth-order valence-corrected chi connectivity index (χ4v) is 4.14. The average Bonchev–Trinajstić information content (AvgIpc) is 2.85. The van der Waals surface area contributed by atoms with Gasteiger partial charge in [0.05, 0.1) is 12.2 Å². The van der Waals surface area contributed by atoms with Crippen LogP contribution in [-0.4, -0.2) is 31.6 Å². The van der Waals surface area contributed by atoms with Crippen LogP contribution < -0.4 is 0 Å². The highest BCUT2D eigenvalue weighted by Gasteiger charge is 2.43. The van der Waals surface area contributed by atoms with Crippen LogP contribution in [0.2, 0.25) is 0 Å². The van der Waals surface area contributed by atoms with Crippen molar-refractivity contribution in [1.29, 1.82) is 0 Å². The van der Waals surface area contributed by atoms with Gasteiger partial charge in [0, 0.05) is 18.4 Å². The molecule has 2 heteroatoms. The minimum Gasteiger partial charge on any atom is -0.369 e. The van der Waals surface area contributed by atoms with Gasteiger partial charge in [-0.1, -0.05) is 54.6 Å². The largest absolute Gasteiger partial charge is 0.369 e. The molecule has 1 aromatic rings. The topological polar surface area (TPSA) is 12.5 Å². The summed E-state index contributed by atoms with van der Waals surface area (Å²) in [5.74, 6) is 1.02. The Kier molecular flexibility index (Phi) is 3.51. The van der Waals surface area contributed by atoms with Crippen molar-refractivity contribution in [2.45, 2.75) is 18.6 Å². The number of rotatable bonds is 2. The third kappa shape index (κ3) is 2.37. The van der Waals surface area contributed by atoms with E-state index in [9.17, 15) is 0 Å².